The van der Waals surface area contributed by atoms with Crippen LogP contribution in [0.5, 0.6) is 17.2 Å². The fraction of sp³-hybridized carbons (Fsp3) is 0.200. The third-order valence-electron chi connectivity index (χ3n) is 2.91. The standard InChI is InChI=1S/C15H16ClNO3/c1-19-14-6-4-12(8-15(14)20-2)17-9-10-7-11(16)3-5-13(10)18/h3-8,17-18H,9H2,1-2H3. The van der Waals surface area contributed by atoms with Gasteiger partial charge in [-0.25, -0.2) is 0 Å². The quantitative estimate of drug-likeness (QED) is 0.883. The Hall–Kier alpha value is -2.07. The van der Waals surface area contributed by atoms with Gasteiger partial charge in [0.25, 0.3) is 0 Å². The largest absolute Gasteiger partial charge is 0.508 e. The Morgan fingerprint density at radius 2 is 1.80 bits per heavy atom. The molecule has 0 bridgehead atoms. The molecule has 0 radical (unpaired) electrons. The van der Waals surface area contributed by atoms with Gasteiger partial charge in [0.1, 0.15) is 5.75 Å². The summed E-state index contributed by atoms with van der Waals surface area (Å²) >= 11 is 5.91. The summed E-state index contributed by atoms with van der Waals surface area (Å²) in [4.78, 5) is 0. The van der Waals surface area contributed by atoms with E-state index in [1.165, 1.54) is 0 Å². The Labute approximate surface area is 122 Å². The minimum absolute atomic E-state index is 0.211. The van der Waals surface area contributed by atoms with Crippen molar-refractivity contribution in [2.24, 2.45) is 0 Å². The van der Waals surface area contributed by atoms with Gasteiger partial charge >= 0.3 is 0 Å². The van der Waals surface area contributed by atoms with Gasteiger partial charge in [-0.1, -0.05) is 11.6 Å². The second kappa shape index (κ2) is 6.39. The molecule has 2 rings (SSSR count). The molecule has 2 N–H and O–H groups in total. The zero-order chi connectivity index (χ0) is 14.5. The highest BCUT2D eigenvalue weighted by atomic mass is 35.5. The van der Waals surface area contributed by atoms with Crippen molar-refractivity contribution in [3.63, 3.8) is 0 Å². The smallest absolute Gasteiger partial charge is 0.162 e. The fourth-order valence-corrected chi connectivity index (χ4v) is 2.03. The molecule has 0 aliphatic carbocycles. The maximum atomic E-state index is 9.75. The van der Waals surface area contributed by atoms with Crippen LogP contribution in [0.1, 0.15) is 5.56 Å². The van der Waals surface area contributed by atoms with Crippen molar-refractivity contribution in [2.45, 2.75) is 6.54 Å². The SMILES string of the molecule is COc1ccc(NCc2cc(Cl)ccc2O)cc1OC. The number of aromatic hydroxyl groups is 1. The fourth-order valence-electron chi connectivity index (χ4n) is 1.84. The molecule has 2 aromatic carbocycles. The van der Waals surface area contributed by atoms with Gasteiger partial charge in [-0.05, 0) is 30.3 Å². The summed E-state index contributed by atoms with van der Waals surface area (Å²) in [5.41, 5.74) is 1.59. The zero-order valence-electron chi connectivity index (χ0n) is 11.3. The Kier molecular flexibility index (Phi) is 4.58. The van der Waals surface area contributed by atoms with Gasteiger partial charge in [-0.2, -0.15) is 0 Å². The number of rotatable bonds is 5. The van der Waals surface area contributed by atoms with Crippen LogP contribution in [0.4, 0.5) is 5.69 Å². The molecular formula is C15H16ClNO3. The average molecular weight is 294 g/mol. The van der Waals surface area contributed by atoms with Crippen LogP contribution < -0.4 is 14.8 Å². The molecule has 0 saturated heterocycles. The molecule has 0 aromatic heterocycles. The summed E-state index contributed by atoms with van der Waals surface area (Å²) < 4.78 is 10.4. The molecule has 0 heterocycles. The van der Waals surface area contributed by atoms with E-state index in [4.69, 9.17) is 21.1 Å². The molecule has 0 fully saturated rings. The predicted octanol–water partition coefficient (Wildman–Crippen LogP) is 3.67. The molecule has 0 spiro atoms. The van der Waals surface area contributed by atoms with Gasteiger partial charge in [-0.3, -0.25) is 0 Å². The van der Waals surface area contributed by atoms with Crippen molar-refractivity contribution in [1.29, 1.82) is 0 Å². The van der Waals surface area contributed by atoms with Crippen molar-refractivity contribution in [3.05, 3.63) is 47.0 Å². The lowest BCUT2D eigenvalue weighted by molar-refractivity contribution is 0.355. The van der Waals surface area contributed by atoms with Crippen LogP contribution in [0, 0.1) is 0 Å². The van der Waals surface area contributed by atoms with Crippen LogP contribution in [0.15, 0.2) is 36.4 Å². The van der Waals surface area contributed by atoms with Gasteiger partial charge in [0.2, 0.25) is 0 Å². The first-order chi connectivity index (χ1) is 9.63. The number of nitrogens with one attached hydrogen (secondary N) is 1. The number of benzene rings is 2. The Balaban J connectivity index is 2.12. The van der Waals surface area contributed by atoms with E-state index in [1.54, 1.807) is 32.4 Å². The van der Waals surface area contributed by atoms with Gasteiger partial charge in [0.05, 0.1) is 14.2 Å². The Bertz CT molecular complexity index is 602. The maximum Gasteiger partial charge on any atom is 0.162 e. The van der Waals surface area contributed by atoms with Crippen LogP contribution in [0.25, 0.3) is 0 Å². The monoisotopic (exact) mass is 293 g/mol. The number of hydrogen-bond acceptors (Lipinski definition) is 4. The van der Waals surface area contributed by atoms with Crippen LogP contribution in [-0.4, -0.2) is 19.3 Å². The van der Waals surface area contributed by atoms with E-state index in [-0.39, 0.29) is 5.75 Å². The van der Waals surface area contributed by atoms with E-state index in [9.17, 15) is 5.11 Å². The number of methoxy groups -OCH3 is 2. The lowest BCUT2D eigenvalue weighted by Crippen LogP contribution is -2.00. The Morgan fingerprint density at radius 1 is 1.05 bits per heavy atom. The first kappa shape index (κ1) is 14.3. The molecule has 5 heteroatoms. The highest BCUT2D eigenvalue weighted by Crippen LogP contribution is 2.30. The van der Waals surface area contributed by atoms with E-state index < -0.39 is 0 Å². The first-order valence-electron chi connectivity index (χ1n) is 6.07. The summed E-state index contributed by atoms with van der Waals surface area (Å²) in [6, 6.07) is 10.5. The molecule has 2 aromatic rings. The van der Waals surface area contributed by atoms with E-state index in [0.717, 1.165) is 11.3 Å². The lowest BCUT2D eigenvalue weighted by atomic mass is 10.2. The van der Waals surface area contributed by atoms with E-state index in [2.05, 4.69) is 5.32 Å². The van der Waals surface area contributed by atoms with Gasteiger partial charge in [0.15, 0.2) is 11.5 Å². The van der Waals surface area contributed by atoms with Crippen LogP contribution in [0.3, 0.4) is 0 Å². The minimum atomic E-state index is 0.211. The molecule has 0 aliphatic rings. The van der Waals surface area contributed by atoms with Crippen molar-refractivity contribution in [2.75, 3.05) is 19.5 Å². The van der Waals surface area contributed by atoms with Gasteiger partial charge in [-0.15, -0.1) is 0 Å². The highest BCUT2D eigenvalue weighted by molar-refractivity contribution is 6.30. The molecule has 0 unspecified atom stereocenters. The van der Waals surface area contributed by atoms with E-state index in [0.29, 0.717) is 23.1 Å². The van der Waals surface area contributed by atoms with Crippen LogP contribution in [0.2, 0.25) is 5.02 Å². The van der Waals surface area contributed by atoms with Crippen molar-refractivity contribution < 1.29 is 14.6 Å². The highest BCUT2D eigenvalue weighted by Gasteiger charge is 2.06. The number of phenolic OH excluding ortho intramolecular Hbond substituents is 1. The topological polar surface area (TPSA) is 50.7 Å². The lowest BCUT2D eigenvalue weighted by Gasteiger charge is -2.12. The van der Waals surface area contributed by atoms with E-state index in [1.807, 2.05) is 18.2 Å². The average Bonchev–Trinajstić information content (AvgIpc) is 2.47. The third-order valence-corrected chi connectivity index (χ3v) is 3.14. The second-order valence-electron chi connectivity index (χ2n) is 4.20. The molecule has 20 heavy (non-hydrogen) atoms. The molecule has 0 aliphatic heterocycles. The molecule has 0 amide bonds. The summed E-state index contributed by atoms with van der Waals surface area (Å²) in [6.45, 7) is 0.460. The van der Waals surface area contributed by atoms with Crippen molar-refractivity contribution >= 4 is 17.3 Å². The van der Waals surface area contributed by atoms with E-state index >= 15 is 0 Å². The Morgan fingerprint density at radius 3 is 2.50 bits per heavy atom. The number of phenols is 1. The number of halogens is 1. The molecule has 0 saturated carbocycles. The zero-order valence-corrected chi connectivity index (χ0v) is 12.1. The van der Waals surface area contributed by atoms with Crippen molar-refractivity contribution in [1.82, 2.24) is 0 Å². The first-order valence-corrected chi connectivity index (χ1v) is 6.45. The molecule has 0 atom stereocenters. The van der Waals surface area contributed by atoms with Gasteiger partial charge in [0, 0.05) is 28.9 Å². The predicted molar refractivity (Wildman–Crippen MR) is 80.0 cm³/mol. The van der Waals surface area contributed by atoms with Crippen LogP contribution in [-0.2, 0) is 6.54 Å². The normalized spacial score (nSPS) is 10.2. The summed E-state index contributed by atoms with van der Waals surface area (Å²) in [5.74, 6) is 1.53. The number of hydrogen-bond donors (Lipinski definition) is 2. The van der Waals surface area contributed by atoms with Crippen molar-refractivity contribution in [3.8, 4) is 17.2 Å². The summed E-state index contributed by atoms with van der Waals surface area (Å²) in [5, 5.41) is 13.5. The maximum absolute atomic E-state index is 9.75. The van der Waals surface area contributed by atoms with Gasteiger partial charge < -0.3 is 19.9 Å². The number of anilines is 1. The molecular weight excluding hydrogens is 278 g/mol. The third kappa shape index (κ3) is 3.27. The second-order valence-corrected chi connectivity index (χ2v) is 4.63. The molecule has 106 valence electrons. The number of ether oxygens (including phenoxy) is 2. The molecule has 4 nitrogen and oxygen atoms in total. The van der Waals surface area contributed by atoms with Crippen LogP contribution >= 0.6 is 11.6 Å². The summed E-state index contributed by atoms with van der Waals surface area (Å²) in [6.07, 6.45) is 0. The minimum Gasteiger partial charge on any atom is -0.508 e. The summed E-state index contributed by atoms with van der Waals surface area (Å²) in [7, 11) is 3.18.